The predicted molar refractivity (Wildman–Crippen MR) is 134 cm³/mol. The number of carbonyl (C=O) groups is 1. The van der Waals surface area contributed by atoms with Gasteiger partial charge in [-0.05, 0) is 60.5 Å². The molecule has 0 saturated heterocycles. The van der Waals surface area contributed by atoms with Crippen molar-refractivity contribution in [2.45, 2.75) is 25.9 Å². The second-order valence-electron chi connectivity index (χ2n) is 8.26. The van der Waals surface area contributed by atoms with Crippen LogP contribution < -0.4 is 10.1 Å². The molecule has 0 radical (unpaired) electrons. The van der Waals surface area contributed by atoms with Crippen LogP contribution in [0, 0.1) is 0 Å². The summed E-state index contributed by atoms with van der Waals surface area (Å²) < 4.78 is 8.21. The molecule has 0 fully saturated rings. The Hall–Kier alpha value is -4.19. The lowest BCUT2D eigenvalue weighted by atomic mass is 10.1. The number of pyridine rings is 1. The number of hydrogen-bond donors (Lipinski definition) is 1. The van der Waals surface area contributed by atoms with E-state index in [2.05, 4.69) is 45.2 Å². The van der Waals surface area contributed by atoms with Gasteiger partial charge in [-0.3, -0.25) is 9.78 Å². The van der Waals surface area contributed by atoms with Crippen molar-refractivity contribution < 1.29 is 9.53 Å². The molecule has 3 aromatic carbocycles. The molecule has 0 bridgehead atoms. The van der Waals surface area contributed by atoms with E-state index >= 15 is 0 Å². The molecular weight excluding hydrogens is 424 g/mol. The van der Waals surface area contributed by atoms with E-state index in [-0.39, 0.29) is 11.9 Å². The van der Waals surface area contributed by atoms with E-state index in [1.165, 1.54) is 10.8 Å². The summed E-state index contributed by atoms with van der Waals surface area (Å²) in [6, 6.07) is 25.7. The zero-order valence-corrected chi connectivity index (χ0v) is 19.0. The third-order valence-electron chi connectivity index (χ3n) is 5.86. The van der Waals surface area contributed by atoms with Crippen molar-refractivity contribution >= 4 is 27.7 Å². The minimum Gasteiger partial charge on any atom is -0.494 e. The van der Waals surface area contributed by atoms with Crippen LogP contribution >= 0.6 is 0 Å². The lowest BCUT2D eigenvalue weighted by Crippen LogP contribution is -2.29. The predicted octanol–water partition coefficient (Wildman–Crippen LogP) is 5.54. The Morgan fingerprint density at radius 3 is 2.68 bits per heavy atom. The number of hydrogen-bond acceptors (Lipinski definition) is 4. The lowest BCUT2D eigenvalue weighted by Gasteiger charge is -2.16. The van der Waals surface area contributed by atoms with Gasteiger partial charge in [-0.25, -0.2) is 4.98 Å². The second kappa shape index (κ2) is 9.75. The number of amides is 1. The molecule has 6 nitrogen and oxygen atoms in total. The van der Waals surface area contributed by atoms with E-state index in [1.807, 2.05) is 43.3 Å². The minimum atomic E-state index is -0.262. The summed E-state index contributed by atoms with van der Waals surface area (Å²) in [6.45, 7) is 3.27. The Kier molecular flexibility index (Phi) is 6.21. The van der Waals surface area contributed by atoms with Crippen LogP contribution in [0.3, 0.4) is 0 Å². The summed E-state index contributed by atoms with van der Waals surface area (Å²) >= 11 is 0. The standard InChI is InChI=1S/C28H26N4O2/c1-20(30-28(33)23-10-6-15-29-19-23)27-31-25-11-4-5-12-26(25)32(27)16-7-17-34-24-14-13-21-8-2-3-9-22(21)18-24/h2-6,8-15,18-20H,7,16-17H2,1H3,(H,30,33). The molecule has 2 heterocycles. The molecule has 1 unspecified atom stereocenters. The Bertz CT molecular complexity index is 1430. The molecule has 170 valence electrons. The SMILES string of the molecule is CC(NC(=O)c1cccnc1)c1nc2ccccc2n1CCCOc1ccc2ccccc2c1. The molecule has 0 spiro atoms. The molecule has 5 aromatic rings. The largest absolute Gasteiger partial charge is 0.494 e. The van der Waals surface area contributed by atoms with Crippen LogP contribution in [0.25, 0.3) is 21.8 Å². The fraction of sp³-hybridized carbons (Fsp3) is 0.179. The number of carbonyl (C=O) groups excluding carboxylic acids is 1. The van der Waals surface area contributed by atoms with Gasteiger partial charge in [0.2, 0.25) is 0 Å². The van der Waals surface area contributed by atoms with Crippen LogP contribution in [0.2, 0.25) is 0 Å². The van der Waals surface area contributed by atoms with E-state index in [9.17, 15) is 4.79 Å². The zero-order valence-electron chi connectivity index (χ0n) is 19.0. The third kappa shape index (κ3) is 4.62. The van der Waals surface area contributed by atoms with Crippen LogP contribution in [-0.2, 0) is 6.54 Å². The van der Waals surface area contributed by atoms with Gasteiger partial charge in [-0.2, -0.15) is 0 Å². The number of para-hydroxylation sites is 2. The van der Waals surface area contributed by atoms with Crippen molar-refractivity contribution in [1.82, 2.24) is 19.9 Å². The van der Waals surface area contributed by atoms with Crippen molar-refractivity contribution in [2.24, 2.45) is 0 Å². The highest BCUT2D eigenvalue weighted by atomic mass is 16.5. The molecule has 0 saturated carbocycles. The van der Waals surface area contributed by atoms with Crippen molar-refractivity contribution in [3.05, 3.63) is 103 Å². The van der Waals surface area contributed by atoms with E-state index in [0.717, 1.165) is 35.6 Å². The fourth-order valence-electron chi connectivity index (χ4n) is 4.17. The molecule has 1 N–H and O–H groups in total. The number of rotatable bonds is 8. The van der Waals surface area contributed by atoms with Crippen molar-refractivity contribution in [3.8, 4) is 5.75 Å². The molecule has 34 heavy (non-hydrogen) atoms. The average Bonchev–Trinajstić information content (AvgIpc) is 3.26. The minimum absolute atomic E-state index is 0.168. The third-order valence-corrected chi connectivity index (χ3v) is 5.86. The first-order valence-electron chi connectivity index (χ1n) is 11.5. The summed E-state index contributed by atoms with van der Waals surface area (Å²) in [7, 11) is 0. The van der Waals surface area contributed by atoms with Crippen molar-refractivity contribution in [2.75, 3.05) is 6.61 Å². The number of aryl methyl sites for hydroxylation is 1. The van der Waals surface area contributed by atoms with Gasteiger partial charge in [0, 0.05) is 18.9 Å². The topological polar surface area (TPSA) is 69.0 Å². The van der Waals surface area contributed by atoms with Gasteiger partial charge < -0.3 is 14.6 Å². The highest BCUT2D eigenvalue weighted by molar-refractivity contribution is 5.94. The first kappa shape index (κ1) is 21.6. The number of nitrogens with one attached hydrogen (secondary N) is 1. The maximum Gasteiger partial charge on any atom is 0.253 e. The number of aromatic nitrogens is 3. The van der Waals surface area contributed by atoms with Gasteiger partial charge in [0.25, 0.3) is 5.91 Å². The van der Waals surface area contributed by atoms with Crippen LogP contribution in [-0.4, -0.2) is 27.0 Å². The van der Waals surface area contributed by atoms with Gasteiger partial charge in [-0.15, -0.1) is 0 Å². The first-order chi connectivity index (χ1) is 16.7. The van der Waals surface area contributed by atoms with Gasteiger partial charge in [-0.1, -0.05) is 42.5 Å². The normalized spacial score (nSPS) is 12.0. The number of nitrogens with zero attached hydrogens (tertiary/aromatic N) is 3. The lowest BCUT2D eigenvalue weighted by molar-refractivity contribution is 0.0937. The molecule has 1 amide bonds. The maximum atomic E-state index is 12.7. The van der Waals surface area contributed by atoms with Gasteiger partial charge in [0.15, 0.2) is 0 Å². The Morgan fingerprint density at radius 1 is 1.00 bits per heavy atom. The van der Waals surface area contributed by atoms with Crippen LogP contribution in [0.4, 0.5) is 0 Å². The van der Waals surface area contributed by atoms with Gasteiger partial charge in [0.1, 0.15) is 11.6 Å². The molecule has 0 aliphatic rings. The molecular formula is C28H26N4O2. The molecule has 1 atom stereocenters. The van der Waals surface area contributed by atoms with Crippen LogP contribution in [0.5, 0.6) is 5.75 Å². The molecule has 0 aliphatic heterocycles. The number of imidazole rings is 1. The Labute approximate surface area is 198 Å². The maximum absolute atomic E-state index is 12.7. The van der Waals surface area contributed by atoms with E-state index < -0.39 is 0 Å². The fourth-order valence-corrected chi connectivity index (χ4v) is 4.17. The smallest absolute Gasteiger partial charge is 0.253 e. The van der Waals surface area contributed by atoms with Crippen LogP contribution in [0.1, 0.15) is 35.6 Å². The summed E-state index contributed by atoms with van der Waals surface area (Å²) in [5.74, 6) is 1.52. The quantitative estimate of drug-likeness (QED) is 0.315. The summed E-state index contributed by atoms with van der Waals surface area (Å²) in [4.78, 5) is 21.5. The van der Waals surface area contributed by atoms with Crippen molar-refractivity contribution in [3.63, 3.8) is 0 Å². The molecule has 5 rings (SSSR count). The Morgan fingerprint density at radius 2 is 1.82 bits per heavy atom. The zero-order chi connectivity index (χ0) is 23.3. The van der Waals surface area contributed by atoms with Gasteiger partial charge in [0.05, 0.1) is 29.2 Å². The van der Waals surface area contributed by atoms with Gasteiger partial charge >= 0.3 is 0 Å². The molecule has 2 aromatic heterocycles. The highest BCUT2D eigenvalue weighted by Crippen LogP contribution is 2.23. The second-order valence-corrected chi connectivity index (χ2v) is 8.26. The number of fused-ring (bicyclic) bond motifs is 2. The van der Waals surface area contributed by atoms with Crippen molar-refractivity contribution in [1.29, 1.82) is 0 Å². The summed E-state index contributed by atoms with van der Waals surface area (Å²) in [5.41, 5.74) is 2.49. The summed E-state index contributed by atoms with van der Waals surface area (Å²) in [5, 5.41) is 5.42. The number of benzene rings is 3. The average molecular weight is 451 g/mol. The first-order valence-corrected chi connectivity index (χ1v) is 11.5. The highest BCUT2D eigenvalue weighted by Gasteiger charge is 2.19. The van der Waals surface area contributed by atoms with E-state index in [4.69, 9.17) is 9.72 Å². The molecule has 0 aliphatic carbocycles. The van der Waals surface area contributed by atoms with Crippen LogP contribution in [0.15, 0.2) is 91.3 Å². The Balaban J connectivity index is 1.29. The monoisotopic (exact) mass is 450 g/mol. The van der Waals surface area contributed by atoms with E-state index in [0.29, 0.717) is 12.2 Å². The van der Waals surface area contributed by atoms with E-state index in [1.54, 1.807) is 24.5 Å². The summed E-state index contributed by atoms with van der Waals surface area (Å²) in [6.07, 6.45) is 4.03. The molecule has 6 heteroatoms. The number of ether oxygens (including phenoxy) is 1.